The van der Waals surface area contributed by atoms with E-state index >= 15 is 0 Å². The first-order valence-electron chi connectivity index (χ1n) is 33.5. The highest BCUT2D eigenvalue weighted by atomic mass is 16.5. The van der Waals surface area contributed by atoms with Crippen LogP contribution in [0.5, 0.6) is 11.5 Å². The normalized spacial score (nSPS) is 15.2. The molecule has 14 aromatic rings. The van der Waals surface area contributed by atoms with Crippen molar-refractivity contribution in [2.24, 2.45) is 0 Å². The van der Waals surface area contributed by atoms with Gasteiger partial charge in [-0.2, -0.15) is 0 Å². The fourth-order valence-corrected chi connectivity index (χ4v) is 10.9. The van der Waals surface area contributed by atoms with Gasteiger partial charge in [0, 0.05) is 47.7 Å². The Bertz CT molecular complexity index is 5290. The number of hydrogen-bond acceptors (Lipinski definition) is 2. The van der Waals surface area contributed by atoms with Gasteiger partial charge in [-0.15, -0.1) is 0 Å². The third-order valence-corrected chi connectivity index (χ3v) is 14.5. The number of pyridine rings is 1. The first kappa shape index (κ1) is 32.6. The molecule has 0 saturated heterocycles. The van der Waals surface area contributed by atoms with Crippen molar-refractivity contribution in [2.75, 3.05) is 0 Å². The minimum absolute atomic E-state index is 0.0359. The second-order valence-corrected chi connectivity index (χ2v) is 20.2. The number of para-hydroxylation sites is 3. The van der Waals surface area contributed by atoms with E-state index in [1.54, 1.807) is 47.0 Å². The highest BCUT2D eigenvalue weighted by Crippen LogP contribution is 2.41. The van der Waals surface area contributed by atoms with E-state index in [4.69, 9.17) is 26.2 Å². The number of rotatable bonds is 9. The van der Waals surface area contributed by atoms with Crippen molar-refractivity contribution < 1.29 is 31.2 Å². The van der Waals surface area contributed by atoms with E-state index in [2.05, 4.69) is 96.9 Å². The van der Waals surface area contributed by atoms with Crippen LogP contribution in [0.15, 0.2) is 243 Å². The smallest absolute Gasteiger partial charge is 0.269 e. The van der Waals surface area contributed by atoms with Crippen LogP contribution in [0.1, 0.15) is 59.4 Å². The average Bonchev–Trinajstić information content (AvgIpc) is 1.61. The lowest BCUT2D eigenvalue weighted by Gasteiger charge is -2.20. The first-order chi connectivity index (χ1) is 44.7. The van der Waals surface area contributed by atoms with Crippen molar-refractivity contribution in [2.45, 2.75) is 39.9 Å². The van der Waals surface area contributed by atoms with Crippen LogP contribution in [0.2, 0.25) is 0 Å². The summed E-state index contributed by atoms with van der Waals surface area (Å²) in [6.07, 6.45) is 5.24. The van der Waals surface area contributed by atoms with Crippen molar-refractivity contribution in [1.82, 2.24) is 18.7 Å². The quantitative estimate of drug-likeness (QED) is 0.107. The van der Waals surface area contributed by atoms with Crippen LogP contribution in [0.25, 0.3) is 111 Å². The van der Waals surface area contributed by atoms with E-state index < -0.39 is 74.1 Å². The molecule has 6 heteroatoms. The summed E-state index contributed by atoms with van der Waals surface area (Å²) in [5, 5.41) is 4.21. The predicted octanol–water partition coefficient (Wildman–Crippen LogP) is 18.0. The maximum Gasteiger partial charge on any atom is 0.269 e. The maximum atomic E-state index is 9.28. The van der Waals surface area contributed by atoms with Gasteiger partial charge in [0.05, 0.1) is 58.2 Å². The second kappa shape index (κ2) is 18.5. The van der Waals surface area contributed by atoms with Crippen molar-refractivity contribution in [1.29, 1.82) is 0 Å². The lowest BCUT2D eigenvalue weighted by Crippen LogP contribution is -2.31. The van der Waals surface area contributed by atoms with E-state index in [-0.39, 0.29) is 61.1 Å². The fourth-order valence-electron chi connectivity index (χ4n) is 10.9. The molecular weight excluding hydrogens is 951 g/mol. The number of imidazole rings is 1. The van der Waals surface area contributed by atoms with Crippen molar-refractivity contribution in [3.8, 4) is 67.8 Å². The summed E-state index contributed by atoms with van der Waals surface area (Å²) in [5.41, 5.74) is 5.55. The van der Waals surface area contributed by atoms with Gasteiger partial charge in [-0.3, -0.25) is 13.7 Å². The Balaban J connectivity index is 0.989. The Morgan fingerprint density at radius 1 is 0.500 bits per heavy atom. The minimum Gasteiger partial charge on any atom is -0.458 e. The van der Waals surface area contributed by atoms with E-state index in [1.165, 1.54) is 41.0 Å². The van der Waals surface area contributed by atoms with Gasteiger partial charge in [0.2, 0.25) is 0 Å². The standard InChI is InChI=1S/C72H55N5O/c1-47-19-16-20-48(2)70(47)51-33-37-66-68(41-51)75(71-57(49-21-8-6-9-22-49)29-18-30-58(71)50-23-10-7-11-24-50)46-74(66)53-25-17-26-55(43-53)78-56-35-36-61-62-44-54(76-63-31-14-12-27-59(63)60-28-13-15-32-64(60)76)34-38-65(62)77(67(61)45-56)69-42-52(39-40-73-69)72(3,4)5/h6-45H,1-5H3/i1D3,2D3,6D,7D,8D,9D,10D,11D,21D,22D,23D,24D. The summed E-state index contributed by atoms with van der Waals surface area (Å²) in [7, 11) is 0. The lowest BCUT2D eigenvalue weighted by atomic mass is 9.88. The highest BCUT2D eigenvalue weighted by molar-refractivity contribution is 6.12. The molecule has 0 aliphatic heterocycles. The number of aromatic nitrogens is 5. The molecule has 14 rings (SSSR count). The van der Waals surface area contributed by atoms with E-state index in [1.807, 2.05) is 42.6 Å². The van der Waals surface area contributed by atoms with Gasteiger partial charge >= 0.3 is 0 Å². The minimum atomic E-state index is -2.81. The van der Waals surface area contributed by atoms with Crippen molar-refractivity contribution in [3.05, 3.63) is 266 Å². The zero-order valence-corrected chi connectivity index (χ0v) is 42.5. The van der Waals surface area contributed by atoms with E-state index in [0.29, 0.717) is 28.5 Å². The Morgan fingerprint density at radius 2 is 1.13 bits per heavy atom. The van der Waals surface area contributed by atoms with E-state index in [9.17, 15) is 5.48 Å². The lowest BCUT2D eigenvalue weighted by molar-refractivity contribution is -0.571. The first-order valence-corrected chi connectivity index (χ1v) is 25.5. The molecule has 4 aromatic heterocycles. The molecule has 4 heterocycles. The van der Waals surface area contributed by atoms with Gasteiger partial charge in [0.1, 0.15) is 17.3 Å². The fraction of sp³-hybridized carbons (Fsp3) is 0.0833. The summed E-state index contributed by atoms with van der Waals surface area (Å²) in [5.74, 6) is 1.55. The number of ether oxygens (including phenoxy) is 1. The molecule has 10 aromatic carbocycles. The largest absolute Gasteiger partial charge is 0.458 e. The van der Waals surface area contributed by atoms with Gasteiger partial charge in [-0.05, 0) is 148 Å². The molecule has 6 nitrogen and oxygen atoms in total. The van der Waals surface area contributed by atoms with E-state index in [0.717, 1.165) is 54.9 Å². The number of nitrogens with zero attached hydrogens (tertiary/aromatic N) is 5. The zero-order chi connectivity index (χ0) is 66.4. The SMILES string of the molecule is [2H]c1c([2H])c([2H])c(-c2cccc(-c3c([2H])c([2H])c([2H])c([2H])c3[2H])c2-[n+]2[c-]n(-c3cccc(Oc4ccc5c6cc(-n7c8ccccc8c8ccccc87)ccc6n(-c6cc(C(C)(C)C)ccn6)c5c4)c3)c3ccc(-c4c(C([2H])([2H])[2H])cccc4C([2H])([2H])[2H])cc32)c([2H])c1[2H]. The molecule has 0 atom stereocenters. The summed E-state index contributed by atoms with van der Waals surface area (Å²) < 4.78 is 155. The number of fused-ring (bicyclic) bond motifs is 7. The van der Waals surface area contributed by atoms with Crippen LogP contribution in [0.3, 0.4) is 0 Å². The van der Waals surface area contributed by atoms with Crippen molar-refractivity contribution >= 4 is 54.6 Å². The Kier molecular flexibility index (Phi) is 7.74. The zero-order valence-electron chi connectivity index (χ0n) is 58.5. The highest BCUT2D eigenvalue weighted by Gasteiger charge is 2.23. The van der Waals surface area contributed by atoms with Crippen LogP contribution < -0.4 is 9.30 Å². The van der Waals surface area contributed by atoms with Crippen LogP contribution in [-0.4, -0.2) is 18.7 Å². The topological polar surface area (TPSA) is 40.8 Å². The van der Waals surface area contributed by atoms with Crippen LogP contribution in [-0.2, 0) is 5.41 Å². The molecule has 0 aliphatic rings. The van der Waals surface area contributed by atoms with Gasteiger partial charge in [0.25, 0.3) is 6.33 Å². The van der Waals surface area contributed by atoms with Gasteiger partial charge in [-0.1, -0.05) is 172 Å². The Morgan fingerprint density at radius 3 is 1.82 bits per heavy atom. The molecule has 374 valence electrons. The molecule has 0 spiro atoms. The van der Waals surface area contributed by atoms with Crippen LogP contribution in [0.4, 0.5) is 0 Å². The molecule has 0 aliphatic carbocycles. The number of hydrogen-bond donors (Lipinski definition) is 0. The maximum absolute atomic E-state index is 9.28. The molecule has 0 bridgehead atoms. The number of benzene rings is 10. The van der Waals surface area contributed by atoms with Gasteiger partial charge in [0.15, 0.2) is 0 Å². The molecule has 0 radical (unpaired) electrons. The summed E-state index contributed by atoms with van der Waals surface area (Å²) in [6, 6.07) is 47.2. The van der Waals surface area contributed by atoms with Gasteiger partial charge < -0.3 is 9.30 Å². The molecule has 0 saturated carbocycles. The number of aryl methyl sites for hydroxylation is 2. The summed E-state index contributed by atoms with van der Waals surface area (Å²) >= 11 is 0. The molecule has 0 N–H and O–H groups in total. The Labute approximate surface area is 476 Å². The third-order valence-electron chi connectivity index (χ3n) is 14.5. The average molecular weight is 1020 g/mol. The summed E-state index contributed by atoms with van der Waals surface area (Å²) in [6.45, 7) is 0.858. The molecule has 0 amide bonds. The second-order valence-electron chi connectivity index (χ2n) is 20.2. The third kappa shape index (κ3) is 7.87. The molecule has 0 fully saturated rings. The Hall–Kier alpha value is -9.78. The molecule has 78 heavy (non-hydrogen) atoms. The molecule has 0 unspecified atom stereocenters. The van der Waals surface area contributed by atoms with Crippen LogP contribution >= 0.6 is 0 Å². The monoisotopic (exact) mass is 1020 g/mol. The predicted molar refractivity (Wildman–Crippen MR) is 321 cm³/mol. The summed E-state index contributed by atoms with van der Waals surface area (Å²) in [4.78, 5) is 4.97. The van der Waals surface area contributed by atoms with Crippen LogP contribution in [0, 0.1) is 20.0 Å². The molecular formula is C72H55N5O. The van der Waals surface area contributed by atoms with Crippen molar-refractivity contribution in [3.63, 3.8) is 0 Å². The van der Waals surface area contributed by atoms with Gasteiger partial charge in [-0.25, -0.2) is 4.98 Å².